The zero-order valence-electron chi connectivity index (χ0n) is 14.1. The molecule has 2 rings (SSSR count). The van der Waals surface area contributed by atoms with E-state index in [2.05, 4.69) is 5.32 Å². The van der Waals surface area contributed by atoms with Crippen molar-refractivity contribution < 1.29 is 27.5 Å². The van der Waals surface area contributed by atoms with Gasteiger partial charge in [0.15, 0.2) is 0 Å². The van der Waals surface area contributed by atoms with Crippen molar-refractivity contribution in [1.29, 1.82) is 0 Å². The molecule has 25 heavy (non-hydrogen) atoms. The van der Waals surface area contributed by atoms with Crippen LogP contribution >= 0.6 is 0 Å². The molecule has 0 radical (unpaired) electrons. The van der Waals surface area contributed by atoms with Crippen LogP contribution in [-0.2, 0) is 15.7 Å². The first-order chi connectivity index (χ1) is 11.5. The number of hydrogen-bond acceptors (Lipinski definition) is 4. The number of nitrogens with one attached hydrogen (secondary N) is 1. The quantitative estimate of drug-likeness (QED) is 0.864. The minimum atomic E-state index is -4.44. The van der Waals surface area contributed by atoms with Gasteiger partial charge in [-0.25, -0.2) is 9.69 Å². The van der Waals surface area contributed by atoms with Crippen LogP contribution in [0.4, 0.5) is 23.7 Å². The molecule has 0 aliphatic carbocycles. The van der Waals surface area contributed by atoms with E-state index in [9.17, 15) is 22.8 Å². The Bertz CT molecular complexity index is 706. The van der Waals surface area contributed by atoms with E-state index >= 15 is 0 Å². The zero-order chi connectivity index (χ0) is 18.8. The second-order valence-corrected chi connectivity index (χ2v) is 6.59. The highest BCUT2D eigenvalue weighted by molar-refractivity contribution is 6.00. The molecule has 2 amide bonds. The number of alkyl halides is 3. The summed E-state index contributed by atoms with van der Waals surface area (Å²) in [5, 5.41) is 2.79. The fraction of sp³-hybridized carbons (Fsp3) is 0.412. The number of carbonyl (C=O) groups is 2. The lowest BCUT2D eigenvalue weighted by Gasteiger charge is -2.28. The van der Waals surface area contributed by atoms with E-state index in [0.717, 1.165) is 17.0 Å². The summed E-state index contributed by atoms with van der Waals surface area (Å²) in [6.07, 6.45) is -3.71. The number of benzene rings is 1. The lowest BCUT2D eigenvalue weighted by Crippen LogP contribution is -2.43. The third-order valence-electron chi connectivity index (χ3n) is 3.28. The lowest BCUT2D eigenvalue weighted by atomic mass is 10.1. The van der Waals surface area contributed by atoms with E-state index in [0.29, 0.717) is 12.1 Å². The largest absolute Gasteiger partial charge is 0.443 e. The molecule has 1 N–H and O–H groups in total. The summed E-state index contributed by atoms with van der Waals surface area (Å²) in [5.74, 6) is -0.574. The first-order valence-electron chi connectivity index (χ1n) is 7.65. The molecule has 0 atom stereocenters. The fourth-order valence-corrected chi connectivity index (χ4v) is 2.20. The summed E-state index contributed by atoms with van der Waals surface area (Å²) in [6.45, 7) is 5.16. The Morgan fingerprint density at radius 3 is 2.48 bits per heavy atom. The molecule has 8 heteroatoms. The number of amides is 2. The molecule has 0 aromatic heterocycles. The van der Waals surface area contributed by atoms with E-state index in [4.69, 9.17) is 4.74 Å². The number of anilines is 1. The van der Waals surface area contributed by atoms with Gasteiger partial charge in [-0.3, -0.25) is 4.79 Å². The number of halogens is 3. The van der Waals surface area contributed by atoms with E-state index in [1.165, 1.54) is 18.2 Å². The van der Waals surface area contributed by atoms with Crippen LogP contribution in [0.15, 0.2) is 36.0 Å². The summed E-state index contributed by atoms with van der Waals surface area (Å²) < 4.78 is 43.3. The van der Waals surface area contributed by atoms with Gasteiger partial charge >= 0.3 is 12.3 Å². The van der Waals surface area contributed by atoms with Crippen molar-refractivity contribution in [3.63, 3.8) is 0 Å². The highest BCUT2D eigenvalue weighted by Crippen LogP contribution is 2.31. The van der Waals surface area contributed by atoms with Gasteiger partial charge in [-0.1, -0.05) is 6.07 Å². The summed E-state index contributed by atoms with van der Waals surface area (Å²) in [7, 11) is 0. The first-order valence-corrected chi connectivity index (χ1v) is 7.65. The topological polar surface area (TPSA) is 58.6 Å². The Morgan fingerprint density at radius 1 is 1.24 bits per heavy atom. The Kier molecular flexibility index (Phi) is 5.10. The third-order valence-corrected chi connectivity index (χ3v) is 3.28. The number of imide groups is 1. The van der Waals surface area contributed by atoms with E-state index in [-0.39, 0.29) is 12.2 Å². The number of carbonyl (C=O) groups excluding carboxylic acids is 2. The molecule has 1 heterocycles. The number of nitrogens with zero attached hydrogens (tertiary/aromatic N) is 1. The predicted octanol–water partition coefficient (Wildman–Crippen LogP) is 4.17. The smallest absolute Gasteiger partial charge is 0.417 e. The second kappa shape index (κ2) is 6.78. The van der Waals surface area contributed by atoms with Gasteiger partial charge in [-0.2, -0.15) is 13.2 Å². The molecule has 0 saturated heterocycles. The average molecular weight is 356 g/mol. The van der Waals surface area contributed by atoms with Gasteiger partial charge in [-0.15, -0.1) is 0 Å². The standard InChI is InChI=1S/C17H19F3N2O3/c1-16(2,3)25-15(24)22-8-7-13(10-14(22)23)21-12-6-4-5-11(9-12)17(18,19)20/h4-6,9-10,21H,7-8H2,1-3H3. The van der Waals surface area contributed by atoms with Gasteiger partial charge in [0.2, 0.25) is 0 Å². The van der Waals surface area contributed by atoms with Gasteiger partial charge in [0, 0.05) is 30.4 Å². The summed E-state index contributed by atoms with van der Waals surface area (Å²) in [6, 6.07) is 4.69. The predicted molar refractivity (Wildman–Crippen MR) is 85.7 cm³/mol. The monoisotopic (exact) mass is 356 g/mol. The Balaban J connectivity index is 2.08. The molecule has 5 nitrogen and oxygen atoms in total. The molecule has 1 aliphatic rings. The van der Waals surface area contributed by atoms with E-state index in [1.54, 1.807) is 20.8 Å². The minimum absolute atomic E-state index is 0.0888. The van der Waals surface area contributed by atoms with E-state index in [1.807, 2.05) is 0 Å². The third kappa shape index (κ3) is 5.23. The second-order valence-electron chi connectivity index (χ2n) is 6.59. The minimum Gasteiger partial charge on any atom is -0.443 e. The fourth-order valence-electron chi connectivity index (χ4n) is 2.20. The average Bonchev–Trinajstić information content (AvgIpc) is 2.44. The molecule has 0 fully saturated rings. The zero-order valence-corrected chi connectivity index (χ0v) is 14.1. The van der Waals surface area contributed by atoms with Gasteiger partial charge in [0.05, 0.1) is 5.56 Å². The molecule has 0 spiro atoms. The number of hydrogen-bond donors (Lipinski definition) is 1. The van der Waals surface area contributed by atoms with Crippen molar-refractivity contribution in [2.24, 2.45) is 0 Å². The molecule has 1 aliphatic heterocycles. The maximum atomic E-state index is 12.7. The van der Waals surface area contributed by atoms with Crippen molar-refractivity contribution >= 4 is 17.7 Å². The lowest BCUT2D eigenvalue weighted by molar-refractivity contribution is -0.137. The molecular weight excluding hydrogens is 337 g/mol. The van der Waals surface area contributed by atoms with Crippen LogP contribution in [0.1, 0.15) is 32.8 Å². The molecule has 0 bridgehead atoms. The molecule has 0 unspecified atom stereocenters. The number of ether oxygens (including phenoxy) is 1. The molecule has 136 valence electrons. The van der Waals surface area contributed by atoms with Crippen LogP contribution in [0.3, 0.4) is 0 Å². The molecule has 1 aromatic carbocycles. The Morgan fingerprint density at radius 2 is 1.92 bits per heavy atom. The van der Waals surface area contributed by atoms with Crippen LogP contribution < -0.4 is 5.32 Å². The molecule has 0 saturated carbocycles. The Hall–Kier alpha value is -2.51. The van der Waals surface area contributed by atoms with Crippen LogP contribution in [0.2, 0.25) is 0 Å². The maximum Gasteiger partial charge on any atom is 0.417 e. The highest BCUT2D eigenvalue weighted by Gasteiger charge is 2.31. The summed E-state index contributed by atoms with van der Waals surface area (Å²) >= 11 is 0. The van der Waals surface area contributed by atoms with Crippen LogP contribution in [0.5, 0.6) is 0 Å². The van der Waals surface area contributed by atoms with Crippen molar-refractivity contribution in [2.75, 3.05) is 11.9 Å². The van der Waals surface area contributed by atoms with Gasteiger partial charge < -0.3 is 10.1 Å². The summed E-state index contributed by atoms with van der Waals surface area (Å²) in [4.78, 5) is 25.0. The Labute approximate surface area is 143 Å². The van der Waals surface area contributed by atoms with Crippen molar-refractivity contribution in [3.8, 4) is 0 Å². The first kappa shape index (κ1) is 18.8. The van der Waals surface area contributed by atoms with Crippen LogP contribution in [0, 0.1) is 0 Å². The highest BCUT2D eigenvalue weighted by atomic mass is 19.4. The maximum absolute atomic E-state index is 12.7. The number of rotatable bonds is 2. The summed E-state index contributed by atoms with van der Waals surface area (Å²) in [5.41, 5.74) is -0.850. The van der Waals surface area contributed by atoms with Gasteiger partial charge in [0.25, 0.3) is 5.91 Å². The van der Waals surface area contributed by atoms with Crippen molar-refractivity contribution in [2.45, 2.75) is 39.0 Å². The van der Waals surface area contributed by atoms with E-state index < -0.39 is 29.3 Å². The van der Waals surface area contributed by atoms with Crippen LogP contribution in [-0.4, -0.2) is 29.0 Å². The molecular formula is C17H19F3N2O3. The normalized spacial score (nSPS) is 15.7. The van der Waals surface area contributed by atoms with Gasteiger partial charge in [-0.05, 0) is 39.0 Å². The molecule has 1 aromatic rings. The van der Waals surface area contributed by atoms with Crippen LogP contribution in [0.25, 0.3) is 0 Å². The van der Waals surface area contributed by atoms with Crippen molar-refractivity contribution in [3.05, 3.63) is 41.6 Å². The van der Waals surface area contributed by atoms with Gasteiger partial charge in [0.1, 0.15) is 5.60 Å². The van der Waals surface area contributed by atoms with Crippen molar-refractivity contribution in [1.82, 2.24) is 4.90 Å². The SMILES string of the molecule is CC(C)(C)OC(=O)N1CCC(Nc2cccc(C(F)(F)F)c2)=CC1=O.